The lowest BCUT2D eigenvalue weighted by Crippen LogP contribution is -2.37. The lowest BCUT2D eigenvalue weighted by Gasteiger charge is -2.20. The second-order valence-corrected chi connectivity index (χ2v) is 6.97. The van der Waals surface area contributed by atoms with Crippen LogP contribution < -0.4 is 5.32 Å². The standard InChI is InChI=1S/C18H26N2O2/c1-18(2,3)15-8-5-14(6-9-15)7-10-17(22)20-12-4-11-19-16(21)13-20/h5-6,8-9H,4,7,10-13H2,1-3H3,(H,19,21). The topological polar surface area (TPSA) is 49.4 Å². The molecule has 0 atom stereocenters. The fourth-order valence-electron chi connectivity index (χ4n) is 2.60. The predicted molar refractivity (Wildman–Crippen MR) is 87.7 cm³/mol. The van der Waals surface area contributed by atoms with Crippen molar-refractivity contribution in [2.45, 2.75) is 45.4 Å². The van der Waals surface area contributed by atoms with Crippen molar-refractivity contribution in [1.82, 2.24) is 10.2 Å². The molecule has 1 N–H and O–H groups in total. The number of hydrogen-bond acceptors (Lipinski definition) is 2. The van der Waals surface area contributed by atoms with Crippen LogP contribution in [0.5, 0.6) is 0 Å². The second-order valence-electron chi connectivity index (χ2n) is 6.97. The summed E-state index contributed by atoms with van der Waals surface area (Å²) >= 11 is 0. The molecule has 4 heteroatoms. The largest absolute Gasteiger partial charge is 0.354 e. The Balaban J connectivity index is 1.89. The van der Waals surface area contributed by atoms with Gasteiger partial charge in [0, 0.05) is 19.5 Å². The first-order valence-corrected chi connectivity index (χ1v) is 8.00. The van der Waals surface area contributed by atoms with Crippen molar-refractivity contribution in [3.05, 3.63) is 35.4 Å². The van der Waals surface area contributed by atoms with Crippen LogP contribution in [0.15, 0.2) is 24.3 Å². The van der Waals surface area contributed by atoms with Gasteiger partial charge in [0.2, 0.25) is 11.8 Å². The summed E-state index contributed by atoms with van der Waals surface area (Å²) in [7, 11) is 0. The number of rotatable bonds is 3. The molecule has 2 amide bonds. The van der Waals surface area contributed by atoms with Crippen molar-refractivity contribution in [3.8, 4) is 0 Å². The van der Waals surface area contributed by atoms with Gasteiger partial charge >= 0.3 is 0 Å². The SMILES string of the molecule is CC(C)(C)c1ccc(CCC(=O)N2CCCNC(=O)C2)cc1. The molecule has 1 saturated heterocycles. The minimum absolute atomic E-state index is 0.0552. The third-order valence-electron chi connectivity index (χ3n) is 4.06. The lowest BCUT2D eigenvalue weighted by molar-refractivity contribution is -0.135. The quantitative estimate of drug-likeness (QED) is 0.931. The van der Waals surface area contributed by atoms with Gasteiger partial charge in [0.1, 0.15) is 0 Å². The van der Waals surface area contributed by atoms with Crippen LogP contribution in [0.1, 0.15) is 44.7 Å². The maximum absolute atomic E-state index is 12.2. The van der Waals surface area contributed by atoms with E-state index in [0.29, 0.717) is 19.5 Å². The summed E-state index contributed by atoms with van der Waals surface area (Å²) in [6, 6.07) is 8.48. The molecule has 2 rings (SSSR count). The summed E-state index contributed by atoms with van der Waals surface area (Å²) < 4.78 is 0. The highest BCUT2D eigenvalue weighted by atomic mass is 16.2. The van der Waals surface area contributed by atoms with Gasteiger partial charge < -0.3 is 10.2 Å². The number of carbonyl (C=O) groups excluding carboxylic acids is 2. The minimum atomic E-state index is -0.0552. The lowest BCUT2D eigenvalue weighted by atomic mass is 9.86. The van der Waals surface area contributed by atoms with E-state index in [2.05, 4.69) is 50.4 Å². The van der Waals surface area contributed by atoms with E-state index in [1.807, 2.05) is 0 Å². The summed E-state index contributed by atoms with van der Waals surface area (Å²) in [5.74, 6) is 0.0114. The highest BCUT2D eigenvalue weighted by Crippen LogP contribution is 2.22. The summed E-state index contributed by atoms with van der Waals surface area (Å²) in [6.07, 6.45) is 2.02. The van der Waals surface area contributed by atoms with Crippen LogP contribution in [-0.2, 0) is 21.4 Å². The molecular formula is C18H26N2O2. The number of hydrogen-bond donors (Lipinski definition) is 1. The van der Waals surface area contributed by atoms with Gasteiger partial charge in [-0.2, -0.15) is 0 Å². The molecule has 1 fully saturated rings. The maximum Gasteiger partial charge on any atom is 0.239 e. The molecular weight excluding hydrogens is 276 g/mol. The van der Waals surface area contributed by atoms with Gasteiger partial charge in [0.25, 0.3) is 0 Å². The van der Waals surface area contributed by atoms with Crippen molar-refractivity contribution >= 4 is 11.8 Å². The fraction of sp³-hybridized carbons (Fsp3) is 0.556. The van der Waals surface area contributed by atoms with Crippen LogP contribution >= 0.6 is 0 Å². The van der Waals surface area contributed by atoms with Gasteiger partial charge in [0.15, 0.2) is 0 Å². The maximum atomic E-state index is 12.2. The van der Waals surface area contributed by atoms with Crippen LogP contribution in [0, 0.1) is 0 Å². The Morgan fingerprint density at radius 2 is 1.91 bits per heavy atom. The predicted octanol–water partition coefficient (Wildman–Crippen LogP) is 2.27. The van der Waals surface area contributed by atoms with Gasteiger partial charge in [-0.25, -0.2) is 0 Å². The van der Waals surface area contributed by atoms with Crippen molar-refractivity contribution in [2.75, 3.05) is 19.6 Å². The Hall–Kier alpha value is -1.84. The van der Waals surface area contributed by atoms with E-state index < -0.39 is 0 Å². The number of nitrogens with one attached hydrogen (secondary N) is 1. The third kappa shape index (κ3) is 4.58. The van der Waals surface area contributed by atoms with Crippen molar-refractivity contribution in [3.63, 3.8) is 0 Å². The minimum Gasteiger partial charge on any atom is -0.354 e. The summed E-state index contributed by atoms with van der Waals surface area (Å²) in [5, 5.41) is 2.79. The Bertz CT molecular complexity index is 529. The molecule has 1 aliphatic rings. The molecule has 22 heavy (non-hydrogen) atoms. The van der Waals surface area contributed by atoms with E-state index in [0.717, 1.165) is 12.8 Å². The zero-order valence-corrected chi connectivity index (χ0v) is 13.8. The van der Waals surface area contributed by atoms with Gasteiger partial charge in [-0.05, 0) is 29.4 Å². The molecule has 0 bridgehead atoms. The Morgan fingerprint density at radius 3 is 2.55 bits per heavy atom. The monoisotopic (exact) mass is 302 g/mol. The van der Waals surface area contributed by atoms with Crippen LogP contribution in [0.3, 0.4) is 0 Å². The van der Waals surface area contributed by atoms with Gasteiger partial charge in [-0.15, -0.1) is 0 Å². The van der Waals surface area contributed by atoms with Gasteiger partial charge in [0.05, 0.1) is 6.54 Å². The van der Waals surface area contributed by atoms with Crippen LogP contribution in [-0.4, -0.2) is 36.3 Å². The van der Waals surface area contributed by atoms with E-state index in [1.165, 1.54) is 11.1 Å². The van der Waals surface area contributed by atoms with E-state index in [9.17, 15) is 9.59 Å². The molecule has 120 valence electrons. The molecule has 1 heterocycles. The van der Waals surface area contributed by atoms with E-state index in [4.69, 9.17) is 0 Å². The van der Waals surface area contributed by atoms with Crippen LogP contribution in [0.4, 0.5) is 0 Å². The summed E-state index contributed by atoms with van der Waals surface area (Å²) in [6.45, 7) is 8.10. The first-order chi connectivity index (χ1) is 10.4. The molecule has 0 radical (unpaired) electrons. The number of aryl methyl sites for hydroxylation is 1. The zero-order chi connectivity index (χ0) is 16.2. The molecule has 1 aliphatic heterocycles. The van der Waals surface area contributed by atoms with Gasteiger partial charge in [-0.1, -0.05) is 45.0 Å². The van der Waals surface area contributed by atoms with Crippen molar-refractivity contribution < 1.29 is 9.59 Å². The van der Waals surface area contributed by atoms with Crippen molar-refractivity contribution in [1.29, 1.82) is 0 Å². The molecule has 1 aromatic carbocycles. The molecule has 0 spiro atoms. The third-order valence-corrected chi connectivity index (χ3v) is 4.06. The molecule has 4 nitrogen and oxygen atoms in total. The highest BCUT2D eigenvalue weighted by molar-refractivity contribution is 5.85. The van der Waals surface area contributed by atoms with Crippen molar-refractivity contribution in [2.24, 2.45) is 0 Å². The van der Waals surface area contributed by atoms with E-state index >= 15 is 0 Å². The molecule has 0 unspecified atom stereocenters. The normalized spacial score (nSPS) is 16.1. The van der Waals surface area contributed by atoms with Crippen LogP contribution in [0.2, 0.25) is 0 Å². The summed E-state index contributed by atoms with van der Waals surface area (Å²) in [4.78, 5) is 25.4. The Morgan fingerprint density at radius 1 is 1.23 bits per heavy atom. The van der Waals surface area contributed by atoms with E-state index in [-0.39, 0.29) is 23.8 Å². The summed E-state index contributed by atoms with van der Waals surface area (Å²) in [5.41, 5.74) is 2.61. The van der Waals surface area contributed by atoms with Gasteiger partial charge in [-0.3, -0.25) is 9.59 Å². The molecule has 0 aliphatic carbocycles. The Labute approximate surface area is 132 Å². The van der Waals surface area contributed by atoms with Crippen LogP contribution in [0.25, 0.3) is 0 Å². The molecule has 0 saturated carbocycles. The number of nitrogens with zero attached hydrogens (tertiary/aromatic N) is 1. The smallest absolute Gasteiger partial charge is 0.239 e. The average molecular weight is 302 g/mol. The first-order valence-electron chi connectivity index (χ1n) is 8.00. The molecule has 0 aromatic heterocycles. The first kappa shape index (κ1) is 16.5. The number of benzene rings is 1. The average Bonchev–Trinajstić information content (AvgIpc) is 2.69. The molecule has 1 aromatic rings. The Kier molecular flexibility index (Phi) is 5.22. The fourth-order valence-corrected chi connectivity index (χ4v) is 2.60. The zero-order valence-electron chi connectivity index (χ0n) is 13.8. The number of amides is 2. The number of carbonyl (C=O) groups is 2. The highest BCUT2D eigenvalue weighted by Gasteiger charge is 2.19. The van der Waals surface area contributed by atoms with E-state index in [1.54, 1.807) is 4.90 Å². The second kappa shape index (κ2) is 6.95.